The largest absolute Gasteiger partial charge is 0.381 e. The molecule has 0 unspecified atom stereocenters. The first-order valence-electron chi connectivity index (χ1n) is 10.8. The molecule has 0 radical (unpaired) electrons. The van der Waals surface area contributed by atoms with E-state index in [0.717, 1.165) is 17.0 Å². The molecule has 1 aliphatic heterocycles. The van der Waals surface area contributed by atoms with E-state index in [2.05, 4.69) is 25.6 Å². The van der Waals surface area contributed by atoms with Crippen molar-refractivity contribution >= 4 is 17.6 Å². The zero-order valence-corrected chi connectivity index (χ0v) is 18.8. The summed E-state index contributed by atoms with van der Waals surface area (Å²) >= 11 is 0. The maximum atomic E-state index is 14.9. The van der Waals surface area contributed by atoms with Crippen molar-refractivity contribution in [1.82, 2.24) is 39.9 Å². The standard InChI is InChI=1S/C22H19F2N9O3/c1-14(22(36,10-30-12-25-11-27-30)18-7-2-15(23)8-19(18)24)33-20(34)9-31(21(33)35)16-3-5-17(6-4-16)32-13-26-28-29-32/h2-8,11-14,36H,9-10H2,1H3/t14-,22-/m1/s1. The van der Waals surface area contributed by atoms with Crippen LogP contribution >= 0.6 is 0 Å². The van der Waals surface area contributed by atoms with Crippen LogP contribution in [0.2, 0.25) is 0 Å². The predicted octanol–water partition coefficient (Wildman–Crippen LogP) is 1.28. The molecule has 184 valence electrons. The zero-order valence-electron chi connectivity index (χ0n) is 18.8. The average Bonchev–Trinajstić information content (AvgIpc) is 3.61. The zero-order chi connectivity index (χ0) is 25.4. The van der Waals surface area contributed by atoms with Gasteiger partial charge in [-0.05, 0) is 47.7 Å². The third kappa shape index (κ3) is 3.96. The molecule has 2 aromatic carbocycles. The second kappa shape index (κ2) is 8.88. The van der Waals surface area contributed by atoms with E-state index in [1.54, 1.807) is 24.3 Å². The molecule has 2 atom stereocenters. The van der Waals surface area contributed by atoms with Crippen LogP contribution in [0.1, 0.15) is 12.5 Å². The summed E-state index contributed by atoms with van der Waals surface area (Å²) in [6.45, 7) is 0.771. The number of nitrogens with zero attached hydrogens (tertiary/aromatic N) is 9. The summed E-state index contributed by atoms with van der Waals surface area (Å²) in [6.07, 6.45) is 3.93. The average molecular weight is 495 g/mol. The third-order valence-corrected chi connectivity index (χ3v) is 6.12. The van der Waals surface area contributed by atoms with Crippen molar-refractivity contribution in [2.45, 2.75) is 25.1 Å². The minimum atomic E-state index is -2.16. The van der Waals surface area contributed by atoms with Gasteiger partial charge in [-0.1, -0.05) is 6.07 Å². The monoisotopic (exact) mass is 495 g/mol. The van der Waals surface area contributed by atoms with Crippen LogP contribution < -0.4 is 4.90 Å². The molecule has 0 spiro atoms. The Morgan fingerprint density at radius 1 is 1.08 bits per heavy atom. The molecule has 3 heterocycles. The number of imide groups is 1. The maximum Gasteiger partial charge on any atom is 0.332 e. The van der Waals surface area contributed by atoms with E-state index in [-0.39, 0.29) is 18.7 Å². The van der Waals surface area contributed by atoms with Crippen molar-refractivity contribution < 1.29 is 23.5 Å². The Labute approximate surface area is 202 Å². The van der Waals surface area contributed by atoms with Crippen LogP contribution in [0.5, 0.6) is 0 Å². The fraction of sp³-hybridized carbons (Fsp3) is 0.227. The minimum absolute atomic E-state index is 0.293. The van der Waals surface area contributed by atoms with Crippen molar-refractivity contribution in [2.24, 2.45) is 0 Å². The second-order valence-corrected chi connectivity index (χ2v) is 8.22. The predicted molar refractivity (Wildman–Crippen MR) is 118 cm³/mol. The van der Waals surface area contributed by atoms with Crippen molar-refractivity contribution in [3.63, 3.8) is 0 Å². The lowest BCUT2D eigenvalue weighted by atomic mass is 9.85. The van der Waals surface area contributed by atoms with Crippen molar-refractivity contribution in [2.75, 3.05) is 11.4 Å². The quantitative estimate of drug-likeness (QED) is 0.379. The minimum Gasteiger partial charge on any atom is -0.381 e. The van der Waals surface area contributed by atoms with E-state index in [1.165, 1.54) is 40.2 Å². The van der Waals surface area contributed by atoms with Gasteiger partial charge in [-0.3, -0.25) is 14.6 Å². The summed E-state index contributed by atoms with van der Waals surface area (Å²) in [4.78, 5) is 32.3. The Morgan fingerprint density at radius 2 is 1.83 bits per heavy atom. The Kier molecular flexibility index (Phi) is 5.72. The molecular weight excluding hydrogens is 476 g/mol. The molecule has 1 saturated heterocycles. The first kappa shape index (κ1) is 23.2. The maximum absolute atomic E-state index is 14.9. The van der Waals surface area contributed by atoms with Gasteiger partial charge >= 0.3 is 6.03 Å². The van der Waals surface area contributed by atoms with E-state index < -0.39 is 35.2 Å². The van der Waals surface area contributed by atoms with E-state index in [9.17, 15) is 23.5 Å². The number of halogens is 2. The second-order valence-electron chi connectivity index (χ2n) is 8.22. The molecule has 0 saturated carbocycles. The van der Waals surface area contributed by atoms with Crippen LogP contribution in [-0.2, 0) is 16.9 Å². The lowest BCUT2D eigenvalue weighted by molar-refractivity contribution is -0.132. The van der Waals surface area contributed by atoms with Gasteiger partial charge in [-0.15, -0.1) is 5.10 Å². The van der Waals surface area contributed by atoms with Crippen molar-refractivity contribution in [3.8, 4) is 5.69 Å². The number of aliphatic hydroxyl groups is 1. The number of benzene rings is 2. The first-order chi connectivity index (χ1) is 17.3. The molecule has 4 aromatic rings. The van der Waals surface area contributed by atoms with Gasteiger partial charge in [0.15, 0.2) is 0 Å². The fourth-order valence-corrected chi connectivity index (χ4v) is 4.22. The summed E-state index contributed by atoms with van der Waals surface area (Å²) in [5, 5.41) is 26.6. The van der Waals surface area contributed by atoms with Gasteiger partial charge < -0.3 is 5.11 Å². The molecule has 0 bridgehead atoms. The topological polar surface area (TPSA) is 135 Å². The number of tetrazole rings is 1. The van der Waals surface area contributed by atoms with Crippen LogP contribution in [0.3, 0.4) is 0 Å². The number of urea groups is 1. The number of carbonyl (C=O) groups is 2. The molecule has 14 heteroatoms. The number of amides is 3. The van der Waals surface area contributed by atoms with Gasteiger partial charge in [0.05, 0.1) is 18.3 Å². The SMILES string of the molecule is C[C@@H](N1C(=O)CN(c2ccc(-n3cnnn3)cc2)C1=O)[C@](O)(Cn1cncn1)c1ccc(F)cc1F. The molecule has 1 N–H and O–H groups in total. The van der Waals surface area contributed by atoms with Gasteiger partial charge in [0.2, 0.25) is 0 Å². The summed E-state index contributed by atoms with van der Waals surface area (Å²) in [6, 6.07) is 7.32. The van der Waals surface area contributed by atoms with Crippen LogP contribution in [0.25, 0.3) is 5.69 Å². The Hall–Kier alpha value is -4.59. The summed E-state index contributed by atoms with van der Waals surface area (Å²) < 4.78 is 31.1. The summed E-state index contributed by atoms with van der Waals surface area (Å²) in [5.74, 6) is -2.47. The lowest BCUT2D eigenvalue weighted by Crippen LogP contribution is -2.54. The van der Waals surface area contributed by atoms with E-state index in [4.69, 9.17) is 0 Å². The van der Waals surface area contributed by atoms with Gasteiger partial charge in [-0.25, -0.2) is 27.9 Å². The molecule has 0 aliphatic carbocycles. The van der Waals surface area contributed by atoms with Crippen molar-refractivity contribution in [1.29, 1.82) is 0 Å². The summed E-state index contributed by atoms with van der Waals surface area (Å²) in [7, 11) is 0. The molecule has 5 rings (SSSR count). The van der Waals surface area contributed by atoms with Crippen LogP contribution in [-0.4, -0.2) is 69.5 Å². The highest BCUT2D eigenvalue weighted by Crippen LogP contribution is 2.35. The number of hydrogen-bond donors (Lipinski definition) is 1. The Balaban J connectivity index is 1.47. The lowest BCUT2D eigenvalue weighted by Gasteiger charge is -2.38. The molecule has 1 aliphatic rings. The van der Waals surface area contributed by atoms with Crippen molar-refractivity contribution in [3.05, 3.63) is 78.6 Å². The van der Waals surface area contributed by atoms with Gasteiger partial charge in [0, 0.05) is 17.3 Å². The van der Waals surface area contributed by atoms with Gasteiger partial charge in [0.25, 0.3) is 5.91 Å². The molecule has 3 amide bonds. The molecular formula is C22H19F2N9O3. The van der Waals surface area contributed by atoms with E-state index in [1.807, 2.05) is 0 Å². The number of aromatic nitrogens is 7. The van der Waals surface area contributed by atoms with E-state index >= 15 is 0 Å². The number of rotatable bonds is 7. The Bertz CT molecular complexity index is 1400. The number of anilines is 1. The highest BCUT2D eigenvalue weighted by Gasteiger charge is 2.49. The third-order valence-electron chi connectivity index (χ3n) is 6.12. The summed E-state index contributed by atoms with van der Waals surface area (Å²) in [5.41, 5.74) is -1.39. The van der Waals surface area contributed by atoms with Crippen LogP contribution in [0.4, 0.5) is 19.3 Å². The fourth-order valence-electron chi connectivity index (χ4n) is 4.22. The van der Waals surface area contributed by atoms with Gasteiger partial charge in [-0.2, -0.15) is 5.10 Å². The first-order valence-corrected chi connectivity index (χ1v) is 10.8. The van der Waals surface area contributed by atoms with Crippen LogP contribution in [0, 0.1) is 11.6 Å². The highest BCUT2D eigenvalue weighted by molar-refractivity contribution is 6.12. The molecule has 1 fully saturated rings. The molecule has 12 nitrogen and oxygen atoms in total. The molecule has 36 heavy (non-hydrogen) atoms. The highest BCUT2D eigenvalue weighted by atomic mass is 19.1. The smallest absolute Gasteiger partial charge is 0.332 e. The van der Waals surface area contributed by atoms with Crippen LogP contribution in [0.15, 0.2) is 61.4 Å². The number of hydrogen-bond acceptors (Lipinski definition) is 8. The van der Waals surface area contributed by atoms with E-state index in [0.29, 0.717) is 17.4 Å². The molecule has 2 aromatic heterocycles. The normalized spacial score (nSPS) is 16.4. The van der Waals surface area contributed by atoms with Gasteiger partial charge in [0.1, 0.15) is 42.8 Å². The Morgan fingerprint density at radius 3 is 2.47 bits per heavy atom. The number of carbonyl (C=O) groups excluding carboxylic acids is 2.